The smallest absolute Gasteiger partial charge is 0.325 e. The first kappa shape index (κ1) is 19.0. The first-order chi connectivity index (χ1) is 12.8. The standard InChI is InChI=1S/C18H15F3N4OS/c1-12(16(26)23-15-10-6-5-9-14(15)18(19,20)21)27-17-22-11-25(24-17)13-7-3-2-4-8-13/h2-12H,1H3,(H,23,26)/t12-/m0/s1. The van der Waals surface area contributed by atoms with Crippen molar-refractivity contribution in [1.29, 1.82) is 0 Å². The Balaban J connectivity index is 1.68. The van der Waals surface area contributed by atoms with Gasteiger partial charge in [-0.2, -0.15) is 13.2 Å². The molecule has 27 heavy (non-hydrogen) atoms. The number of aromatic nitrogens is 3. The number of amides is 1. The highest BCUT2D eigenvalue weighted by molar-refractivity contribution is 8.00. The van der Waals surface area contributed by atoms with Crippen LogP contribution in [-0.4, -0.2) is 25.9 Å². The maximum absolute atomic E-state index is 13.0. The van der Waals surface area contributed by atoms with Gasteiger partial charge in [-0.05, 0) is 31.2 Å². The van der Waals surface area contributed by atoms with E-state index in [4.69, 9.17) is 0 Å². The average Bonchev–Trinajstić information content (AvgIpc) is 3.10. The van der Waals surface area contributed by atoms with E-state index in [1.54, 1.807) is 11.6 Å². The molecule has 1 heterocycles. The summed E-state index contributed by atoms with van der Waals surface area (Å²) in [7, 11) is 0. The molecular formula is C18H15F3N4OS. The number of hydrogen-bond acceptors (Lipinski definition) is 4. The molecule has 0 unspecified atom stereocenters. The Labute approximate surface area is 157 Å². The van der Waals surface area contributed by atoms with Crippen molar-refractivity contribution in [3.8, 4) is 5.69 Å². The first-order valence-corrected chi connectivity index (χ1v) is 8.83. The van der Waals surface area contributed by atoms with Gasteiger partial charge in [0.2, 0.25) is 11.1 Å². The van der Waals surface area contributed by atoms with Crippen molar-refractivity contribution >= 4 is 23.4 Å². The molecule has 0 aliphatic heterocycles. The van der Waals surface area contributed by atoms with Crippen LogP contribution in [0.4, 0.5) is 18.9 Å². The Kier molecular flexibility index (Phi) is 5.50. The van der Waals surface area contributed by atoms with Gasteiger partial charge in [-0.3, -0.25) is 4.79 Å². The summed E-state index contributed by atoms with van der Waals surface area (Å²) in [4.78, 5) is 16.4. The molecule has 3 rings (SSSR count). The van der Waals surface area contributed by atoms with Gasteiger partial charge in [-0.1, -0.05) is 42.1 Å². The quantitative estimate of drug-likeness (QED) is 0.654. The van der Waals surface area contributed by atoms with E-state index in [1.807, 2.05) is 30.3 Å². The maximum Gasteiger partial charge on any atom is 0.418 e. The molecule has 0 spiro atoms. The lowest BCUT2D eigenvalue weighted by Gasteiger charge is -2.15. The van der Waals surface area contributed by atoms with Crippen molar-refractivity contribution < 1.29 is 18.0 Å². The second-order valence-corrected chi connectivity index (χ2v) is 6.91. The van der Waals surface area contributed by atoms with Crippen LogP contribution in [0.2, 0.25) is 0 Å². The van der Waals surface area contributed by atoms with Crippen molar-refractivity contribution in [3.05, 3.63) is 66.5 Å². The highest BCUT2D eigenvalue weighted by Gasteiger charge is 2.34. The number of nitrogens with one attached hydrogen (secondary N) is 1. The molecule has 0 fully saturated rings. The van der Waals surface area contributed by atoms with Gasteiger partial charge >= 0.3 is 6.18 Å². The second kappa shape index (κ2) is 7.83. The third-order valence-corrected chi connectivity index (χ3v) is 4.60. The normalized spacial score (nSPS) is 12.6. The highest BCUT2D eigenvalue weighted by atomic mass is 32.2. The summed E-state index contributed by atoms with van der Waals surface area (Å²) in [5, 5.41) is 6.28. The van der Waals surface area contributed by atoms with Crippen LogP contribution in [0.1, 0.15) is 12.5 Å². The summed E-state index contributed by atoms with van der Waals surface area (Å²) in [6.07, 6.45) is -3.03. The van der Waals surface area contributed by atoms with Crippen LogP contribution < -0.4 is 5.32 Å². The number of benzene rings is 2. The van der Waals surface area contributed by atoms with E-state index in [-0.39, 0.29) is 5.69 Å². The Morgan fingerprint density at radius 2 is 1.78 bits per heavy atom. The van der Waals surface area contributed by atoms with Gasteiger partial charge < -0.3 is 5.32 Å². The third-order valence-electron chi connectivity index (χ3n) is 3.63. The Morgan fingerprint density at radius 3 is 2.48 bits per heavy atom. The molecule has 0 saturated heterocycles. The van der Waals surface area contributed by atoms with Gasteiger partial charge in [0.1, 0.15) is 6.33 Å². The van der Waals surface area contributed by atoms with Crippen molar-refractivity contribution in [2.24, 2.45) is 0 Å². The number of anilines is 1. The van der Waals surface area contributed by atoms with Crippen LogP contribution in [0, 0.1) is 0 Å². The Hall–Kier alpha value is -2.81. The third kappa shape index (κ3) is 4.68. The fourth-order valence-corrected chi connectivity index (χ4v) is 3.02. The molecule has 1 atom stereocenters. The lowest BCUT2D eigenvalue weighted by molar-refractivity contribution is -0.137. The van der Waals surface area contributed by atoms with E-state index in [0.717, 1.165) is 23.5 Å². The monoisotopic (exact) mass is 392 g/mol. The van der Waals surface area contributed by atoms with Crippen LogP contribution in [-0.2, 0) is 11.0 Å². The van der Waals surface area contributed by atoms with Crippen molar-refractivity contribution in [3.63, 3.8) is 0 Å². The number of halogens is 3. The van der Waals surface area contributed by atoms with Crippen LogP contribution >= 0.6 is 11.8 Å². The van der Waals surface area contributed by atoms with Crippen molar-refractivity contribution in [2.45, 2.75) is 23.5 Å². The molecular weight excluding hydrogens is 377 g/mol. The summed E-state index contributed by atoms with van der Waals surface area (Å²) >= 11 is 1.06. The van der Waals surface area contributed by atoms with E-state index >= 15 is 0 Å². The van der Waals surface area contributed by atoms with Gasteiger partial charge in [0, 0.05) is 0 Å². The van der Waals surface area contributed by atoms with E-state index in [1.165, 1.54) is 24.5 Å². The summed E-state index contributed by atoms with van der Waals surface area (Å²) in [5.74, 6) is -0.562. The fraction of sp³-hybridized carbons (Fsp3) is 0.167. The molecule has 9 heteroatoms. The van der Waals surface area contributed by atoms with E-state index < -0.39 is 22.9 Å². The largest absolute Gasteiger partial charge is 0.418 e. The zero-order valence-corrected chi connectivity index (χ0v) is 15.0. The molecule has 0 saturated carbocycles. The molecule has 1 amide bonds. The van der Waals surface area contributed by atoms with Crippen molar-refractivity contribution in [1.82, 2.24) is 14.8 Å². The minimum absolute atomic E-state index is 0.273. The summed E-state index contributed by atoms with van der Waals surface area (Å²) < 4.78 is 40.7. The van der Waals surface area contributed by atoms with E-state index in [2.05, 4.69) is 15.4 Å². The Morgan fingerprint density at radius 1 is 1.11 bits per heavy atom. The molecule has 0 bridgehead atoms. The lowest BCUT2D eigenvalue weighted by atomic mass is 10.1. The van der Waals surface area contributed by atoms with Gasteiger partial charge in [0.15, 0.2) is 0 Å². The zero-order valence-electron chi connectivity index (χ0n) is 14.1. The molecule has 140 valence electrons. The molecule has 0 radical (unpaired) electrons. The number of carbonyl (C=O) groups is 1. The van der Waals surface area contributed by atoms with E-state index in [9.17, 15) is 18.0 Å². The molecule has 0 aliphatic rings. The minimum Gasteiger partial charge on any atom is -0.325 e. The highest BCUT2D eigenvalue weighted by Crippen LogP contribution is 2.35. The molecule has 0 aliphatic carbocycles. The molecule has 2 aromatic carbocycles. The van der Waals surface area contributed by atoms with E-state index in [0.29, 0.717) is 5.16 Å². The Bertz CT molecular complexity index is 928. The number of thioether (sulfide) groups is 1. The number of hydrogen-bond donors (Lipinski definition) is 1. The fourth-order valence-electron chi connectivity index (χ4n) is 2.29. The van der Waals surface area contributed by atoms with Gasteiger partial charge in [-0.25, -0.2) is 9.67 Å². The van der Waals surface area contributed by atoms with Crippen LogP contribution in [0.15, 0.2) is 66.1 Å². The SMILES string of the molecule is C[C@H](Sc1ncn(-c2ccccc2)n1)C(=O)Nc1ccccc1C(F)(F)F. The van der Waals surface area contributed by atoms with Crippen LogP contribution in [0.5, 0.6) is 0 Å². The average molecular weight is 392 g/mol. The number of para-hydroxylation sites is 2. The van der Waals surface area contributed by atoms with Crippen molar-refractivity contribution in [2.75, 3.05) is 5.32 Å². The van der Waals surface area contributed by atoms with Crippen LogP contribution in [0.3, 0.4) is 0 Å². The topological polar surface area (TPSA) is 59.8 Å². The summed E-state index contributed by atoms with van der Waals surface area (Å²) in [6.45, 7) is 1.58. The maximum atomic E-state index is 13.0. The zero-order chi connectivity index (χ0) is 19.4. The number of nitrogens with zero attached hydrogens (tertiary/aromatic N) is 3. The number of carbonyl (C=O) groups excluding carboxylic acids is 1. The van der Waals surface area contributed by atoms with Gasteiger partial charge in [0.25, 0.3) is 0 Å². The minimum atomic E-state index is -4.55. The summed E-state index contributed by atoms with van der Waals surface area (Å²) in [5.41, 5.74) is -0.347. The van der Waals surface area contributed by atoms with Gasteiger partial charge in [0.05, 0.1) is 22.2 Å². The lowest BCUT2D eigenvalue weighted by Crippen LogP contribution is -2.24. The van der Waals surface area contributed by atoms with Crippen LogP contribution in [0.25, 0.3) is 5.69 Å². The molecule has 3 aromatic rings. The number of alkyl halides is 3. The summed E-state index contributed by atoms with van der Waals surface area (Å²) in [6, 6.07) is 14.2. The molecule has 1 aromatic heterocycles. The van der Waals surface area contributed by atoms with Gasteiger partial charge in [-0.15, -0.1) is 5.10 Å². The molecule has 5 nitrogen and oxygen atoms in total. The number of rotatable bonds is 5. The second-order valence-electron chi connectivity index (χ2n) is 5.60. The predicted molar refractivity (Wildman–Crippen MR) is 96.8 cm³/mol. The molecule has 1 N–H and O–H groups in total. The first-order valence-electron chi connectivity index (χ1n) is 7.95. The predicted octanol–water partition coefficient (Wildman–Crippen LogP) is 4.41.